The maximum Gasteiger partial charge on any atom is 0.210 e. The van der Waals surface area contributed by atoms with Crippen LogP contribution >= 0.6 is 0 Å². The van der Waals surface area contributed by atoms with Crippen LogP contribution in [0.2, 0.25) is 0 Å². The van der Waals surface area contributed by atoms with Gasteiger partial charge in [0, 0.05) is 24.1 Å². The summed E-state index contributed by atoms with van der Waals surface area (Å²) in [4.78, 5) is 13.1. The fraction of sp³-hybridized carbons (Fsp3) is 0.0588. The molecule has 0 bridgehead atoms. The van der Waals surface area contributed by atoms with E-state index in [9.17, 15) is 9.90 Å². The van der Waals surface area contributed by atoms with Crippen molar-refractivity contribution in [2.75, 3.05) is 0 Å². The third-order valence-electron chi connectivity index (χ3n) is 2.85. The number of para-hydroxylation sites is 1. The molecule has 1 heterocycles. The van der Waals surface area contributed by atoms with Crippen LogP contribution in [0.25, 0.3) is 10.9 Å². The zero-order valence-corrected chi connectivity index (χ0v) is 11.5. The van der Waals surface area contributed by atoms with Crippen molar-refractivity contribution in [2.45, 2.75) is 6.54 Å². The van der Waals surface area contributed by atoms with Gasteiger partial charge >= 0.3 is 0 Å². The normalized spacial score (nSPS) is 9.52. The quantitative estimate of drug-likeness (QED) is 0.777. The molecule has 0 atom stereocenters. The second-order valence-corrected chi connectivity index (χ2v) is 4.38. The molecule has 0 aliphatic carbocycles. The molecule has 0 spiro atoms. The van der Waals surface area contributed by atoms with Gasteiger partial charge < -0.3 is 15.2 Å². The molecule has 0 aliphatic rings. The zero-order chi connectivity index (χ0) is 14.9. The molecule has 21 heavy (non-hydrogen) atoms. The molecule has 0 saturated carbocycles. The van der Waals surface area contributed by atoms with Gasteiger partial charge in [-0.25, -0.2) is 4.98 Å². The zero-order valence-electron chi connectivity index (χ0n) is 11.5. The number of carbonyl (C=O) groups excluding carboxylic acids is 1. The van der Waals surface area contributed by atoms with E-state index in [2.05, 4.69) is 28.5 Å². The standard InChI is InChI=1S/C9H7N.C8H9NO2/c1-2-6-9-8(4-1)5-3-7-10-9;10-8(11)9-6-7-4-2-1-3-5-7/h1-7H;1-5,9H,6H2,(H,10,11). The summed E-state index contributed by atoms with van der Waals surface area (Å²) in [5.74, 6) is 0. The van der Waals surface area contributed by atoms with E-state index in [4.69, 9.17) is 0 Å². The highest BCUT2D eigenvalue weighted by Crippen LogP contribution is 2.05. The highest BCUT2D eigenvalue weighted by Gasteiger charge is 1.93. The minimum absolute atomic E-state index is 0.309. The highest BCUT2D eigenvalue weighted by atomic mass is 16.4. The number of hydrogen-bond donors (Lipinski definition) is 1. The lowest BCUT2D eigenvalue weighted by molar-refractivity contribution is -0.344. The maximum atomic E-state index is 9.95. The minimum atomic E-state index is -1.24. The Bertz CT molecular complexity index is 634. The van der Waals surface area contributed by atoms with Gasteiger partial charge in [-0.15, -0.1) is 0 Å². The molecule has 2 N–H and O–H groups in total. The van der Waals surface area contributed by atoms with Gasteiger partial charge in [-0.3, -0.25) is 0 Å². The molecule has 0 fully saturated rings. The summed E-state index contributed by atoms with van der Waals surface area (Å²) < 4.78 is 0. The third-order valence-corrected chi connectivity index (χ3v) is 2.85. The van der Waals surface area contributed by atoms with Gasteiger partial charge in [-0.05, 0) is 17.7 Å². The lowest BCUT2D eigenvalue weighted by Gasteiger charge is -2.05. The van der Waals surface area contributed by atoms with Crippen LogP contribution in [0.4, 0.5) is 4.79 Å². The summed E-state index contributed by atoms with van der Waals surface area (Å²) in [6, 6.07) is 21.6. The van der Waals surface area contributed by atoms with Gasteiger partial charge in [0.05, 0.1) is 0 Å². The van der Waals surface area contributed by atoms with Crippen molar-refractivity contribution in [1.29, 1.82) is 0 Å². The number of benzene rings is 2. The molecule has 4 nitrogen and oxygen atoms in total. The van der Waals surface area contributed by atoms with Crippen molar-refractivity contribution in [1.82, 2.24) is 5.32 Å². The first-order valence-corrected chi connectivity index (χ1v) is 6.60. The molecule has 0 radical (unpaired) electrons. The molecule has 3 aromatic rings. The van der Waals surface area contributed by atoms with Crippen molar-refractivity contribution >= 4 is 17.0 Å². The summed E-state index contributed by atoms with van der Waals surface area (Å²) in [5.41, 5.74) is 2.11. The van der Waals surface area contributed by atoms with Crippen LogP contribution in [0.1, 0.15) is 5.56 Å². The molecule has 2 aromatic carbocycles. The van der Waals surface area contributed by atoms with Crippen LogP contribution < -0.4 is 15.4 Å². The van der Waals surface area contributed by atoms with Crippen LogP contribution in [0, 0.1) is 0 Å². The van der Waals surface area contributed by atoms with Crippen LogP contribution in [0.3, 0.4) is 0 Å². The van der Waals surface area contributed by atoms with E-state index >= 15 is 0 Å². The van der Waals surface area contributed by atoms with Crippen molar-refractivity contribution in [3.8, 4) is 0 Å². The number of rotatable bonds is 2. The number of fused-ring (bicyclic) bond motifs is 1. The Kier molecular flexibility index (Phi) is 5.29. The number of carbonyl (C=O) groups is 1. The Labute approximate surface area is 123 Å². The molecule has 1 amide bonds. The van der Waals surface area contributed by atoms with Crippen LogP contribution in [0.5, 0.6) is 0 Å². The number of amides is 1. The van der Waals surface area contributed by atoms with E-state index in [1.807, 2.05) is 54.7 Å². The van der Waals surface area contributed by atoms with Crippen LogP contribution in [-0.4, -0.2) is 6.09 Å². The number of aromatic nitrogens is 1. The second kappa shape index (κ2) is 7.65. The molecule has 0 saturated heterocycles. The van der Waals surface area contributed by atoms with E-state index in [1.54, 1.807) is 0 Å². The maximum absolute atomic E-state index is 9.95. The Hall–Kier alpha value is -2.88. The fourth-order valence-corrected chi connectivity index (χ4v) is 1.83. The van der Waals surface area contributed by atoms with Gasteiger partial charge in [0.1, 0.15) is 6.09 Å². The van der Waals surface area contributed by atoms with Gasteiger partial charge in [0.15, 0.2) is 6.20 Å². The topological polar surface area (TPSA) is 66.3 Å². The number of H-pyrrole nitrogens is 1. The number of hydrogen-bond acceptors (Lipinski definition) is 2. The van der Waals surface area contributed by atoms with E-state index in [1.165, 1.54) is 10.9 Å². The first-order chi connectivity index (χ1) is 10.3. The lowest BCUT2D eigenvalue weighted by Crippen LogP contribution is -2.35. The van der Waals surface area contributed by atoms with Crippen LogP contribution in [0.15, 0.2) is 72.9 Å². The average molecular weight is 280 g/mol. The average Bonchev–Trinajstić information content (AvgIpc) is 2.55. The monoisotopic (exact) mass is 280 g/mol. The predicted molar refractivity (Wildman–Crippen MR) is 79.2 cm³/mol. The van der Waals surface area contributed by atoms with E-state index in [-0.39, 0.29) is 0 Å². The van der Waals surface area contributed by atoms with E-state index in [0.717, 1.165) is 5.56 Å². The summed E-state index contributed by atoms with van der Waals surface area (Å²) in [5, 5.41) is 13.4. The fourth-order valence-electron chi connectivity index (χ4n) is 1.83. The summed E-state index contributed by atoms with van der Waals surface area (Å²) in [7, 11) is 0. The Morgan fingerprint density at radius 3 is 2.33 bits per heavy atom. The largest absolute Gasteiger partial charge is 0.530 e. The molecular formula is C17H16N2O2. The molecule has 1 aromatic heterocycles. The van der Waals surface area contributed by atoms with Gasteiger partial charge in [0.25, 0.3) is 0 Å². The minimum Gasteiger partial charge on any atom is -0.530 e. The Morgan fingerprint density at radius 2 is 1.62 bits per heavy atom. The van der Waals surface area contributed by atoms with E-state index < -0.39 is 6.09 Å². The van der Waals surface area contributed by atoms with Crippen molar-refractivity contribution < 1.29 is 14.9 Å². The first-order valence-electron chi connectivity index (χ1n) is 6.60. The molecule has 0 aliphatic heterocycles. The van der Waals surface area contributed by atoms with Crippen molar-refractivity contribution in [2.24, 2.45) is 0 Å². The third kappa shape index (κ3) is 4.95. The molecular weight excluding hydrogens is 264 g/mol. The van der Waals surface area contributed by atoms with Gasteiger partial charge in [-0.2, -0.15) is 0 Å². The molecule has 0 unspecified atom stereocenters. The van der Waals surface area contributed by atoms with Crippen LogP contribution in [-0.2, 0) is 6.54 Å². The SMILES string of the molecule is O=C([O-])NCc1ccccc1.c1ccc2[nH+]cccc2c1. The van der Waals surface area contributed by atoms with Gasteiger partial charge in [-0.1, -0.05) is 42.5 Å². The molecule has 4 heteroatoms. The number of pyridine rings is 1. The Balaban J connectivity index is 0.000000154. The first kappa shape index (κ1) is 14.5. The second-order valence-electron chi connectivity index (χ2n) is 4.38. The Morgan fingerprint density at radius 1 is 0.952 bits per heavy atom. The predicted octanol–water partition coefficient (Wildman–Crippen LogP) is 1.77. The molecule has 106 valence electrons. The van der Waals surface area contributed by atoms with Crippen molar-refractivity contribution in [3.63, 3.8) is 0 Å². The van der Waals surface area contributed by atoms with E-state index in [0.29, 0.717) is 6.54 Å². The summed E-state index contributed by atoms with van der Waals surface area (Å²) in [6.45, 7) is 0.309. The van der Waals surface area contributed by atoms with Crippen molar-refractivity contribution in [3.05, 3.63) is 78.5 Å². The molecule has 3 rings (SSSR count). The number of aromatic amines is 1. The van der Waals surface area contributed by atoms with Gasteiger partial charge in [0.2, 0.25) is 5.52 Å². The summed E-state index contributed by atoms with van der Waals surface area (Å²) in [6.07, 6.45) is 0.691. The lowest BCUT2D eigenvalue weighted by atomic mass is 10.2. The smallest absolute Gasteiger partial charge is 0.210 e. The number of carboxylic acid groups (broad SMARTS) is 1. The number of nitrogens with one attached hydrogen (secondary N) is 2. The summed E-state index contributed by atoms with van der Waals surface area (Å²) >= 11 is 0. The highest BCUT2D eigenvalue weighted by molar-refractivity contribution is 5.74.